The lowest BCUT2D eigenvalue weighted by molar-refractivity contribution is 1.05. The molecular formula is C15H17N5. The van der Waals surface area contributed by atoms with Crippen molar-refractivity contribution in [3.05, 3.63) is 41.2 Å². The Morgan fingerprint density at radius 1 is 1.05 bits per heavy atom. The Bertz CT molecular complexity index is 766. The van der Waals surface area contributed by atoms with Crippen molar-refractivity contribution in [2.45, 2.75) is 20.8 Å². The smallest absolute Gasteiger partial charge is 0.153 e. The molecule has 0 fully saturated rings. The molecule has 0 saturated carbocycles. The van der Waals surface area contributed by atoms with Gasteiger partial charge in [0.15, 0.2) is 5.82 Å². The summed E-state index contributed by atoms with van der Waals surface area (Å²) in [6.45, 7) is 6.17. The van der Waals surface area contributed by atoms with E-state index in [-0.39, 0.29) is 0 Å². The summed E-state index contributed by atoms with van der Waals surface area (Å²) in [4.78, 5) is 0. The number of anilines is 1. The van der Waals surface area contributed by atoms with Gasteiger partial charge < -0.3 is 5.73 Å². The summed E-state index contributed by atoms with van der Waals surface area (Å²) in [5.74, 6) is 0.504. The van der Waals surface area contributed by atoms with Gasteiger partial charge in [0.05, 0.1) is 17.5 Å². The minimum absolute atomic E-state index is 0.504. The number of benzene rings is 1. The summed E-state index contributed by atoms with van der Waals surface area (Å²) in [5, 5.41) is 14.2. The predicted molar refractivity (Wildman–Crippen MR) is 80.2 cm³/mol. The molecule has 3 rings (SSSR count). The second-order valence-electron chi connectivity index (χ2n) is 5.07. The van der Waals surface area contributed by atoms with Gasteiger partial charge >= 0.3 is 0 Å². The number of aromatic nitrogens is 4. The highest BCUT2D eigenvalue weighted by Crippen LogP contribution is 2.36. The lowest BCUT2D eigenvalue weighted by Crippen LogP contribution is -1.90. The number of nitrogens with one attached hydrogen (secondary N) is 2. The molecule has 20 heavy (non-hydrogen) atoms. The maximum atomic E-state index is 6.04. The minimum atomic E-state index is 0.504. The zero-order valence-electron chi connectivity index (χ0n) is 11.8. The molecule has 2 heterocycles. The van der Waals surface area contributed by atoms with Crippen molar-refractivity contribution in [3.63, 3.8) is 0 Å². The Morgan fingerprint density at radius 3 is 2.50 bits per heavy atom. The van der Waals surface area contributed by atoms with Crippen molar-refractivity contribution in [3.8, 4) is 22.4 Å². The van der Waals surface area contributed by atoms with Gasteiger partial charge in [0.2, 0.25) is 0 Å². The molecule has 102 valence electrons. The molecule has 5 heteroatoms. The zero-order valence-corrected chi connectivity index (χ0v) is 11.8. The Morgan fingerprint density at radius 2 is 1.85 bits per heavy atom. The van der Waals surface area contributed by atoms with Crippen LogP contribution in [0, 0.1) is 20.8 Å². The topological polar surface area (TPSA) is 83.4 Å². The molecular weight excluding hydrogens is 250 g/mol. The van der Waals surface area contributed by atoms with E-state index in [0.717, 1.165) is 28.1 Å². The van der Waals surface area contributed by atoms with Crippen molar-refractivity contribution in [1.29, 1.82) is 0 Å². The van der Waals surface area contributed by atoms with Gasteiger partial charge in [-0.05, 0) is 37.5 Å². The number of aromatic amines is 2. The average molecular weight is 267 g/mol. The second kappa shape index (κ2) is 4.52. The lowest BCUT2D eigenvalue weighted by atomic mass is 9.98. The number of nitrogens with two attached hydrogens (primary N) is 1. The summed E-state index contributed by atoms with van der Waals surface area (Å²) >= 11 is 0. The molecule has 0 amide bonds. The van der Waals surface area contributed by atoms with Crippen LogP contribution >= 0.6 is 0 Å². The molecule has 0 bridgehead atoms. The maximum absolute atomic E-state index is 6.04. The first-order valence-corrected chi connectivity index (χ1v) is 6.49. The summed E-state index contributed by atoms with van der Waals surface area (Å²) in [6.07, 6.45) is 1.78. The second-order valence-corrected chi connectivity index (χ2v) is 5.07. The highest BCUT2D eigenvalue weighted by Gasteiger charge is 2.17. The number of nitrogen functional groups attached to an aromatic ring is 1. The summed E-state index contributed by atoms with van der Waals surface area (Å²) in [5.41, 5.74) is 13.4. The third kappa shape index (κ3) is 1.87. The zero-order chi connectivity index (χ0) is 14.3. The summed E-state index contributed by atoms with van der Waals surface area (Å²) in [7, 11) is 0. The van der Waals surface area contributed by atoms with E-state index < -0.39 is 0 Å². The third-order valence-electron chi connectivity index (χ3n) is 3.69. The molecule has 0 unspecified atom stereocenters. The average Bonchev–Trinajstić information content (AvgIpc) is 2.99. The summed E-state index contributed by atoms with van der Waals surface area (Å²) < 4.78 is 0. The highest BCUT2D eigenvalue weighted by atomic mass is 15.2. The molecule has 0 saturated heterocycles. The van der Waals surface area contributed by atoms with Crippen molar-refractivity contribution < 1.29 is 0 Å². The van der Waals surface area contributed by atoms with E-state index >= 15 is 0 Å². The summed E-state index contributed by atoms with van der Waals surface area (Å²) in [6, 6.07) is 6.31. The van der Waals surface area contributed by atoms with Crippen molar-refractivity contribution in [1.82, 2.24) is 20.4 Å². The SMILES string of the molecule is Cc1ccc(-c2c(N)n[nH]c2-c2cn[nH]c2C)cc1C. The fourth-order valence-corrected chi connectivity index (χ4v) is 2.34. The van der Waals surface area contributed by atoms with Crippen LogP contribution in [0.3, 0.4) is 0 Å². The number of hydrogen-bond acceptors (Lipinski definition) is 3. The minimum Gasteiger partial charge on any atom is -0.382 e. The molecule has 0 radical (unpaired) electrons. The van der Waals surface area contributed by atoms with Crippen LogP contribution in [-0.2, 0) is 0 Å². The van der Waals surface area contributed by atoms with Crippen LogP contribution in [0.5, 0.6) is 0 Å². The molecule has 0 aliphatic carbocycles. The van der Waals surface area contributed by atoms with E-state index in [0.29, 0.717) is 5.82 Å². The van der Waals surface area contributed by atoms with Gasteiger partial charge in [0.1, 0.15) is 0 Å². The molecule has 2 aromatic heterocycles. The van der Waals surface area contributed by atoms with Crippen LogP contribution in [-0.4, -0.2) is 20.4 Å². The first-order chi connectivity index (χ1) is 9.58. The Hall–Kier alpha value is -2.56. The van der Waals surface area contributed by atoms with Gasteiger partial charge in [-0.3, -0.25) is 10.2 Å². The predicted octanol–water partition coefficient (Wildman–Crippen LogP) is 2.97. The first-order valence-electron chi connectivity index (χ1n) is 6.49. The number of hydrogen-bond donors (Lipinski definition) is 3. The van der Waals surface area contributed by atoms with Gasteiger partial charge in [-0.2, -0.15) is 10.2 Å². The number of aryl methyl sites for hydroxylation is 3. The van der Waals surface area contributed by atoms with Crippen LogP contribution in [0.2, 0.25) is 0 Å². The Kier molecular flexibility index (Phi) is 2.82. The normalized spacial score (nSPS) is 10.9. The van der Waals surface area contributed by atoms with Crippen molar-refractivity contribution in [2.75, 3.05) is 5.73 Å². The van der Waals surface area contributed by atoms with Crippen LogP contribution in [0.4, 0.5) is 5.82 Å². The number of H-pyrrole nitrogens is 2. The number of nitrogens with zero attached hydrogens (tertiary/aromatic N) is 2. The fourth-order valence-electron chi connectivity index (χ4n) is 2.34. The van der Waals surface area contributed by atoms with E-state index in [1.54, 1.807) is 6.20 Å². The monoisotopic (exact) mass is 267 g/mol. The number of rotatable bonds is 2. The molecule has 0 spiro atoms. The van der Waals surface area contributed by atoms with E-state index in [4.69, 9.17) is 5.73 Å². The van der Waals surface area contributed by atoms with Crippen LogP contribution in [0.15, 0.2) is 24.4 Å². The van der Waals surface area contributed by atoms with Gasteiger partial charge in [0, 0.05) is 11.3 Å². The van der Waals surface area contributed by atoms with Gasteiger partial charge in [-0.15, -0.1) is 0 Å². The van der Waals surface area contributed by atoms with Crippen molar-refractivity contribution >= 4 is 5.82 Å². The van der Waals surface area contributed by atoms with Gasteiger partial charge in [0.25, 0.3) is 0 Å². The van der Waals surface area contributed by atoms with Crippen LogP contribution in [0.1, 0.15) is 16.8 Å². The van der Waals surface area contributed by atoms with Gasteiger partial charge in [-0.1, -0.05) is 18.2 Å². The molecule has 3 aromatic rings. The van der Waals surface area contributed by atoms with E-state index in [2.05, 4.69) is 52.4 Å². The molecule has 0 aliphatic rings. The first kappa shape index (κ1) is 12.5. The third-order valence-corrected chi connectivity index (χ3v) is 3.69. The van der Waals surface area contributed by atoms with E-state index in [9.17, 15) is 0 Å². The quantitative estimate of drug-likeness (QED) is 0.667. The fraction of sp³-hybridized carbons (Fsp3) is 0.200. The van der Waals surface area contributed by atoms with Gasteiger partial charge in [-0.25, -0.2) is 0 Å². The molecule has 1 aromatic carbocycles. The molecule has 5 nitrogen and oxygen atoms in total. The van der Waals surface area contributed by atoms with Crippen LogP contribution < -0.4 is 5.73 Å². The van der Waals surface area contributed by atoms with E-state index in [1.807, 2.05) is 6.92 Å². The largest absolute Gasteiger partial charge is 0.382 e. The van der Waals surface area contributed by atoms with Crippen LogP contribution in [0.25, 0.3) is 22.4 Å². The highest BCUT2D eigenvalue weighted by molar-refractivity contribution is 5.88. The molecule has 0 aliphatic heterocycles. The molecule has 4 N–H and O–H groups in total. The Balaban J connectivity index is 2.21. The van der Waals surface area contributed by atoms with Crippen molar-refractivity contribution in [2.24, 2.45) is 0 Å². The lowest BCUT2D eigenvalue weighted by Gasteiger charge is -2.07. The maximum Gasteiger partial charge on any atom is 0.153 e. The Labute approximate surface area is 117 Å². The molecule has 0 atom stereocenters. The standard InChI is InChI=1S/C15H17N5/c1-8-4-5-11(6-9(8)2)13-14(19-20-15(13)16)12-7-17-18-10(12)3/h4-7H,1-3H3,(H,17,18)(H3,16,19,20). The van der Waals surface area contributed by atoms with E-state index in [1.165, 1.54) is 11.1 Å².